The molecular formula is C17H28N2O2. The standard InChI is InChI=1S/C17H28N2O2/c1-4-21-13-16(20)12-19-10-6-9-17(19)14-7-5-8-15(11-14)18(2)3/h5,7-8,11,16-17,20H,4,6,9-10,12-13H2,1-3H3. The van der Waals surface area contributed by atoms with E-state index >= 15 is 0 Å². The van der Waals surface area contributed by atoms with Gasteiger partial charge in [-0.1, -0.05) is 12.1 Å². The lowest BCUT2D eigenvalue weighted by Gasteiger charge is -2.27. The number of β-amino-alcohol motifs (C(OH)–C–C–N with tert-alkyl or cyclic N) is 1. The summed E-state index contributed by atoms with van der Waals surface area (Å²) in [5.74, 6) is 0. The van der Waals surface area contributed by atoms with Crippen molar-refractivity contribution in [1.82, 2.24) is 4.90 Å². The van der Waals surface area contributed by atoms with Crippen LogP contribution in [0.4, 0.5) is 5.69 Å². The Morgan fingerprint density at radius 2 is 2.24 bits per heavy atom. The smallest absolute Gasteiger partial charge is 0.0900 e. The van der Waals surface area contributed by atoms with Crippen LogP contribution in [-0.2, 0) is 4.74 Å². The van der Waals surface area contributed by atoms with Crippen molar-refractivity contribution >= 4 is 5.69 Å². The maximum atomic E-state index is 10.1. The molecule has 2 rings (SSSR count). The van der Waals surface area contributed by atoms with Gasteiger partial charge in [0.1, 0.15) is 0 Å². The lowest BCUT2D eigenvalue weighted by Crippen LogP contribution is -2.34. The van der Waals surface area contributed by atoms with Gasteiger partial charge in [-0.25, -0.2) is 0 Å². The van der Waals surface area contributed by atoms with Crippen molar-refractivity contribution in [2.45, 2.75) is 31.9 Å². The Morgan fingerprint density at radius 1 is 1.43 bits per heavy atom. The Bertz CT molecular complexity index is 437. The fraction of sp³-hybridized carbons (Fsp3) is 0.647. The molecule has 0 saturated carbocycles. The number of rotatable bonds is 7. The molecule has 1 N–H and O–H groups in total. The molecule has 21 heavy (non-hydrogen) atoms. The average Bonchev–Trinajstić information content (AvgIpc) is 2.93. The van der Waals surface area contributed by atoms with Gasteiger partial charge in [-0.3, -0.25) is 4.90 Å². The van der Waals surface area contributed by atoms with E-state index in [1.54, 1.807) is 0 Å². The minimum atomic E-state index is -0.400. The zero-order valence-electron chi connectivity index (χ0n) is 13.5. The van der Waals surface area contributed by atoms with Crippen LogP contribution in [0.25, 0.3) is 0 Å². The van der Waals surface area contributed by atoms with Crippen LogP contribution >= 0.6 is 0 Å². The number of aliphatic hydroxyl groups excluding tert-OH is 1. The Labute approximate surface area is 128 Å². The van der Waals surface area contributed by atoms with Crippen molar-refractivity contribution < 1.29 is 9.84 Å². The van der Waals surface area contributed by atoms with Crippen molar-refractivity contribution in [2.24, 2.45) is 0 Å². The SMILES string of the molecule is CCOCC(O)CN1CCCC1c1cccc(N(C)C)c1. The summed E-state index contributed by atoms with van der Waals surface area (Å²) in [5, 5.41) is 10.1. The van der Waals surface area contributed by atoms with Crippen LogP contribution in [-0.4, -0.2) is 56.5 Å². The Balaban J connectivity index is 2.02. The van der Waals surface area contributed by atoms with E-state index in [4.69, 9.17) is 4.74 Å². The van der Waals surface area contributed by atoms with Crippen LogP contribution in [0.5, 0.6) is 0 Å². The van der Waals surface area contributed by atoms with E-state index in [1.807, 2.05) is 6.92 Å². The van der Waals surface area contributed by atoms with E-state index in [1.165, 1.54) is 17.7 Å². The van der Waals surface area contributed by atoms with Crippen LogP contribution in [0.3, 0.4) is 0 Å². The van der Waals surface area contributed by atoms with Gasteiger partial charge in [0.15, 0.2) is 0 Å². The van der Waals surface area contributed by atoms with Gasteiger partial charge in [-0.05, 0) is 44.0 Å². The highest BCUT2D eigenvalue weighted by molar-refractivity contribution is 5.48. The predicted octanol–water partition coefficient (Wildman–Crippen LogP) is 2.29. The molecule has 1 aromatic rings. The van der Waals surface area contributed by atoms with Crippen LogP contribution in [0.1, 0.15) is 31.4 Å². The number of anilines is 1. The van der Waals surface area contributed by atoms with Gasteiger partial charge in [0.25, 0.3) is 0 Å². The topological polar surface area (TPSA) is 35.9 Å². The van der Waals surface area contributed by atoms with E-state index in [0.717, 1.165) is 13.0 Å². The van der Waals surface area contributed by atoms with Crippen LogP contribution in [0.2, 0.25) is 0 Å². The number of aliphatic hydroxyl groups is 1. The second-order valence-corrected chi connectivity index (χ2v) is 5.96. The highest BCUT2D eigenvalue weighted by atomic mass is 16.5. The summed E-state index contributed by atoms with van der Waals surface area (Å²) in [6, 6.07) is 9.13. The van der Waals surface area contributed by atoms with Crippen molar-refractivity contribution in [2.75, 3.05) is 45.3 Å². The molecule has 1 fully saturated rings. The molecular weight excluding hydrogens is 264 g/mol. The quantitative estimate of drug-likeness (QED) is 0.836. The maximum absolute atomic E-state index is 10.1. The normalized spacial score (nSPS) is 20.7. The molecule has 1 heterocycles. The van der Waals surface area contributed by atoms with Gasteiger partial charge in [-0.2, -0.15) is 0 Å². The molecule has 4 heteroatoms. The average molecular weight is 292 g/mol. The predicted molar refractivity (Wildman–Crippen MR) is 86.8 cm³/mol. The molecule has 1 saturated heterocycles. The summed E-state index contributed by atoms with van der Waals surface area (Å²) in [4.78, 5) is 4.52. The minimum absolute atomic E-state index is 0.400. The second kappa shape index (κ2) is 7.78. The molecule has 2 atom stereocenters. The lowest BCUT2D eigenvalue weighted by atomic mass is 10.0. The van der Waals surface area contributed by atoms with Gasteiger partial charge in [0.2, 0.25) is 0 Å². The number of hydrogen-bond acceptors (Lipinski definition) is 4. The van der Waals surface area contributed by atoms with Crippen LogP contribution in [0, 0.1) is 0 Å². The van der Waals surface area contributed by atoms with Gasteiger partial charge in [0, 0.05) is 39.0 Å². The Morgan fingerprint density at radius 3 is 2.95 bits per heavy atom. The summed E-state index contributed by atoms with van der Waals surface area (Å²) in [6.45, 7) is 4.79. The van der Waals surface area contributed by atoms with Gasteiger partial charge >= 0.3 is 0 Å². The third-order valence-electron chi connectivity index (χ3n) is 4.09. The molecule has 0 radical (unpaired) electrons. The minimum Gasteiger partial charge on any atom is -0.389 e. The maximum Gasteiger partial charge on any atom is 0.0900 e. The molecule has 118 valence electrons. The summed E-state index contributed by atoms with van der Waals surface area (Å²) >= 11 is 0. The fourth-order valence-corrected chi connectivity index (χ4v) is 3.01. The molecule has 0 spiro atoms. The van der Waals surface area contributed by atoms with E-state index in [0.29, 0.717) is 25.8 Å². The van der Waals surface area contributed by atoms with Crippen molar-refractivity contribution in [1.29, 1.82) is 0 Å². The van der Waals surface area contributed by atoms with Crippen molar-refractivity contribution in [3.05, 3.63) is 29.8 Å². The first kappa shape index (κ1) is 16.3. The van der Waals surface area contributed by atoms with Crippen molar-refractivity contribution in [3.63, 3.8) is 0 Å². The third-order valence-corrected chi connectivity index (χ3v) is 4.09. The van der Waals surface area contributed by atoms with Gasteiger partial charge in [0.05, 0.1) is 12.7 Å². The van der Waals surface area contributed by atoms with Gasteiger partial charge in [-0.15, -0.1) is 0 Å². The number of nitrogens with zero attached hydrogens (tertiary/aromatic N) is 2. The number of benzene rings is 1. The van der Waals surface area contributed by atoms with Crippen molar-refractivity contribution in [3.8, 4) is 0 Å². The first-order chi connectivity index (χ1) is 10.1. The van der Waals surface area contributed by atoms with Gasteiger partial charge < -0.3 is 14.7 Å². The highest BCUT2D eigenvalue weighted by Crippen LogP contribution is 2.33. The summed E-state index contributed by atoms with van der Waals surface area (Å²) < 4.78 is 5.31. The summed E-state index contributed by atoms with van der Waals surface area (Å²) in [5.41, 5.74) is 2.58. The van der Waals surface area contributed by atoms with E-state index < -0.39 is 6.10 Å². The molecule has 4 nitrogen and oxygen atoms in total. The monoisotopic (exact) mass is 292 g/mol. The molecule has 0 bridgehead atoms. The second-order valence-electron chi connectivity index (χ2n) is 5.96. The number of likely N-dealkylation sites (tertiary alicyclic amines) is 1. The third kappa shape index (κ3) is 4.43. The zero-order chi connectivity index (χ0) is 15.2. The number of ether oxygens (including phenoxy) is 1. The Kier molecular flexibility index (Phi) is 6.03. The molecule has 0 amide bonds. The first-order valence-corrected chi connectivity index (χ1v) is 7.89. The number of hydrogen-bond donors (Lipinski definition) is 1. The first-order valence-electron chi connectivity index (χ1n) is 7.89. The highest BCUT2D eigenvalue weighted by Gasteiger charge is 2.27. The molecule has 0 aliphatic carbocycles. The van der Waals surface area contributed by atoms with E-state index in [2.05, 4.69) is 48.2 Å². The fourth-order valence-electron chi connectivity index (χ4n) is 3.01. The lowest BCUT2D eigenvalue weighted by molar-refractivity contribution is 0.0186. The van der Waals surface area contributed by atoms with Crippen LogP contribution < -0.4 is 4.90 Å². The molecule has 1 aromatic carbocycles. The molecule has 1 aliphatic heterocycles. The molecule has 1 aliphatic rings. The molecule has 2 unspecified atom stereocenters. The largest absolute Gasteiger partial charge is 0.389 e. The molecule has 0 aromatic heterocycles. The Hall–Kier alpha value is -1.10. The summed E-state index contributed by atoms with van der Waals surface area (Å²) in [7, 11) is 4.13. The van der Waals surface area contributed by atoms with E-state index in [-0.39, 0.29) is 0 Å². The zero-order valence-corrected chi connectivity index (χ0v) is 13.5. The van der Waals surface area contributed by atoms with Crippen LogP contribution in [0.15, 0.2) is 24.3 Å². The summed E-state index contributed by atoms with van der Waals surface area (Å²) in [6.07, 6.45) is 1.96. The van der Waals surface area contributed by atoms with E-state index in [9.17, 15) is 5.11 Å².